The molecule has 0 N–H and O–H groups in total. The van der Waals surface area contributed by atoms with Crippen LogP contribution in [0.15, 0.2) is 0 Å². The molecule has 1 aliphatic carbocycles. The van der Waals surface area contributed by atoms with Crippen molar-refractivity contribution in [2.24, 2.45) is 11.3 Å². The minimum atomic E-state index is 0.619. The van der Waals surface area contributed by atoms with Crippen molar-refractivity contribution in [1.29, 1.82) is 0 Å². The first-order valence-electron chi connectivity index (χ1n) is 7.11. The van der Waals surface area contributed by atoms with Crippen LogP contribution in [0.3, 0.4) is 0 Å². The molecule has 0 spiro atoms. The maximum absolute atomic E-state index is 4.51. The van der Waals surface area contributed by atoms with Gasteiger partial charge in [0, 0.05) is 6.54 Å². The van der Waals surface area contributed by atoms with E-state index < -0.39 is 0 Å². The largest absolute Gasteiger partial charge is 0.303 e. The Balaban J connectivity index is 1.75. The van der Waals surface area contributed by atoms with E-state index in [0.717, 1.165) is 11.7 Å². The average molecular weight is 241 g/mol. The fourth-order valence-electron chi connectivity index (χ4n) is 3.10. The summed E-state index contributed by atoms with van der Waals surface area (Å²) in [6.07, 6.45) is 10.00. The van der Waals surface area contributed by atoms with E-state index in [1.54, 1.807) is 0 Å². The van der Waals surface area contributed by atoms with Crippen molar-refractivity contribution < 1.29 is 0 Å². The van der Waals surface area contributed by atoms with Crippen molar-refractivity contribution in [2.45, 2.75) is 51.9 Å². The first kappa shape index (κ1) is 12.8. The molecule has 1 aliphatic heterocycles. The van der Waals surface area contributed by atoms with Gasteiger partial charge in [-0.3, -0.25) is 0 Å². The molecule has 16 heavy (non-hydrogen) atoms. The Kier molecular flexibility index (Phi) is 4.60. The zero-order valence-electron chi connectivity index (χ0n) is 10.7. The molecule has 1 unspecified atom stereocenters. The first-order valence-corrected chi connectivity index (χ1v) is 7.74. The van der Waals surface area contributed by atoms with Gasteiger partial charge in [0.25, 0.3) is 0 Å². The lowest BCUT2D eigenvalue weighted by Gasteiger charge is -2.25. The van der Waals surface area contributed by atoms with E-state index in [0.29, 0.717) is 5.41 Å². The maximum atomic E-state index is 4.51. The summed E-state index contributed by atoms with van der Waals surface area (Å²) in [5, 5.41) is 0. The second-order valence-electron chi connectivity index (χ2n) is 6.02. The smallest absolute Gasteiger partial charge is 0.00458 e. The third-order valence-electron chi connectivity index (χ3n) is 4.49. The van der Waals surface area contributed by atoms with Gasteiger partial charge in [-0.25, -0.2) is 0 Å². The van der Waals surface area contributed by atoms with E-state index in [-0.39, 0.29) is 0 Å². The number of hydrogen-bond acceptors (Lipinski definition) is 2. The average Bonchev–Trinajstić information content (AvgIpc) is 3.07. The van der Waals surface area contributed by atoms with Crippen molar-refractivity contribution >= 4 is 12.6 Å². The summed E-state index contributed by atoms with van der Waals surface area (Å²) in [7, 11) is 0. The summed E-state index contributed by atoms with van der Waals surface area (Å²) in [6, 6.07) is 0. The quantitative estimate of drug-likeness (QED) is 0.720. The summed E-state index contributed by atoms with van der Waals surface area (Å²) >= 11 is 4.51. The minimum absolute atomic E-state index is 0.619. The molecule has 1 heterocycles. The molecule has 0 bridgehead atoms. The number of nitrogens with zero attached hydrogens (tertiary/aromatic N) is 1. The van der Waals surface area contributed by atoms with Gasteiger partial charge in [0.05, 0.1) is 0 Å². The lowest BCUT2D eigenvalue weighted by Crippen LogP contribution is -2.32. The van der Waals surface area contributed by atoms with Crippen LogP contribution in [0.25, 0.3) is 0 Å². The van der Waals surface area contributed by atoms with Gasteiger partial charge in [-0.05, 0) is 62.3 Å². The van der Waals surface area contributed by atoms with Gasteiger partial charge >= 0.3 is 0 Å². The van der Waals surface area contributed by atoms with Crippen LogP contribution in [-0.4, -0.2) is 30.3 Å². The van der Waals surface area contributed by atoms with Gasteiger partial charge < -0.3 is 4.90 Å². The molecule has 0 amide bonds. The van der Waals surface area contributed by atoms with Crippen molar-refractivity contribution in [3.63, 3.8) is 0 Å². The zero-order valence-corrected chi connectivity index (χ0v) is 11.6. The van der Waals surface area contributed by atoms with Crippen molar-refractivity contribution in [3.05, 3.63) is 0 Å². The molecule has 2 aliphatic rings. The van der Waals surface area contributed by atoms with E-state index in [4.69, 9.17) is 0 Å². The number of likely N-dealkylation sites (tertiary alicyclic amines) is 1. The second kappa shape index (κ2) is 5.77. The lowest BCUT2D eigenvalue weighted by molar-refractivity contribution is 0.235. The highest BCUT2D eigenvalue weighted by Crippen LogP contribution is 2.47. The summed E-state index contributed by atoms with van der Waals surface area (Å²) < 4.78 is 0. The van der Waals surface area contributed by atoms with E-state index in [9.17, 15) is 0 Å². The SMILES string of the molecule is CCCC1CCCN(CC2(CS)CC2)CC1. The molecule has 2 fully saturated rings. The van der Waals surface area contributed by atoms with Gasteiger partial charge in [0.2, 0.25) is 0 Å². The summed E-state index contributed by atoms with van der Waals surface area (Å²) in [4.78, 5) is 2.72. The number of rotatable bonds is 5. The number of hydrogen-bond donors (Lipinski definition) is 1. The molecule has 2 rings (SSSR count). The topological polar surface area (TPSA) is 3.24 Å². The molecular weight excluding hydrogens is 214 g/mol. The Morgan fingerprint density at radius 2 is 2.06 bits per heavy atom. The molecule has 1 saturated carbocycles. The van der Waals surface area contributed by atoms with Crippen LogP contribution < -0.4 is 0 Å². The van der Waals surface area contributed by atoms with Crippen LogP contribution in [0, 0.1) is 11.3 Å². The highest BCUT2D eigenvalue weighted by atomic mass is 32.1. The van der Waals surface area contributed by atoms with Crippen molar-refractivity contribution in [3.8, 4) is 0 Å². The Hall–Kier alpha value is 0.310. The summed E-state index contributed by atoms with van der Waals surface area (Å²) in [5.74, 6) is 2.11. The fourth-order valence-corrected chi connectivity index (χ4v) is 3.51. The van der Waals surface area contributed by atoms with E-state index >= 15 is 0 Å². The van der Waals surface area contributed by atoms with Crippen molar-refractivity contribution in [1.82, 2.24) is 4.90 Å². The fraction of sp³-hybridized carbons (Fsp3) is 1.00. The molecule has 1 atom stereocenters. The highest BCUT2D eigenvalue weighted by molar-refractivity contribution is 7.80. The van der Waals surface area contributed by atoms with E-state index in [2.05, 4.69) is 24.5 Å². The second-order valence-corrected chi connectivity index (χ2v) is 6.34. The molecular formula is C14H27NS. The molecule has 0 radical (unpaired) electrons. The van der Waals surface area contributed by atoms with Crippen LogP contribution in [0.2, 0.25) is 0 Å². The lowest BCUT2D eigenvalue weighted by atomic mass is 9.96. The molecule has 2 heteroatoms. The van der Waals surface area contributed by atoms with Crippen molar-refractivity contribution in [2.75, 3.05) is 25.4 Å². The van der Waals surface area contributed by atoms with Gasteiger partial charge in [-0.1, -0.05) is 19.8 Å². The zero-order chi connectivity index (χ0) is 11.4. The Labute approximate surface area is 106 Å². The molecule has 94 valence electrons. The Morgan fingerprint density at radius 3 is 2.69 bits per heavy atom. The third kappa shape index (κ3) is 3.40. The highest BCUT2D eigenvalue weighted by Gasteiger charge is 2.42. The molecule has 0 aromatic heterocycles. The van der Waals surface area contributed by atoms with Gasteiger partial charge in [0.1, 0.15) is 0 Å². The maximum Gasteiger partial charge on any atom is 0.00458 e. The van der Waals surface area contributed by atoms with Crippen LogP contribution in [0.1, 0.15) is 51.9 Å². The monoisotopic (exact) mass is 241 g/mol. The molecule has 0 aromatic carbocycles. The summed E-state index contributed by atoms with van der Waals surface area (Å²) in [5.41, 5.74) is 0.619. The Morgan fingerprint density at radius 1 is 1.25 bits per heavy atom. The molecule has 1 saturated heterocycles. The molecule has 1 nitrogen and oxygen atoms in total. The summed E-state index contributed by atoms with van der Waals surface area (Å²) in [6.45, 7) is 6.34. The van der Waals surface area contributed by atoms with Crippen LogP contribution in [-0.2, 0) is 0 Å². The minimum Gasteiger partial charge on any atom is -0.303 e. The van der Waals surface area contributed by atoms with E-state index in [1.165, 1.54) is 64.6 Å². The molecule has 0 aromatic rings. The van der Waals surface area contributed by atoms with Gasteiger partial charge in [-0.2, -0.15) is 12.6 Å². The predicted octanol–water partition coefficient (Wildman–Crippen LogP) is 3.60. The standard InChI is InChI=1S/C14H27NS/c1-2-4-13-5-3-9-15(10-6-13)11-14(12-16)7-8-14/h13,16H,2-12H2,1H3. The van der Waals surface area contributed by atoms with Gasteiger partial charge in [0.15, 0.2) is 0 Å². The van der Waals surface area contributed by atoms with Gasteiger partial charge in [-0.15, -0.1) is 0 Å². The Bertz CT molecular complexity index is 213. The van der Waals surface area contributed by atoms with Crippen LogP contribution in [0.4, 0.5) is 0 Å². The van der Waals surface area contributed by atoms with E-state index in [1.807, 2.05) is 0 Å². The number of thiol groups is 1. The first-order chi connectivity index (χ1) is 7.78. The van der Waals surface area contributed by atoms with Crippen LogP contribution in [0.5, 0.6) is 0 Å². The predicted molar refractivity (Wildman–Crippen MR) is 74.2 cm³/mol. The van der Waals surface area contributed by atoms with Crippen LogP contribution >= 0.6 is 12.6 Å². The normalized spacial score (nSPS) is 30.0. The third-order valence-corrected chi connectivity index (χ3v) is 5.16.